The van der Waals surface area contributed by atoms with Crippen molar-refractivity contribution < 1.29 is 13.2 Å². The lowest BCUT2D eigenvalue weighted by Gasteiger charge is -2.31. The molecule has 0 spiro atoms. The van der Waals surface area contributed by atoms with Gasteiger partial charge in [0.25, 0.3) is 10.0 Å². The Morgan fingerprint density at radius 1 is 1.15 bits per heavy atom. The summed E-state index contributed by atoms with van der Waals surface area (Å²) in [5.41, 5.74) is 0.920. The van der Waals surface area contributed by atoms with Crippen LogP contribution in [0.1, 0.15) is 38.2 Å². The first-order chi connectivity index (χ1) is 13.0. The van der Waals surface area contributed by atoms with Crippen LogP contribution in [0, 0.1) is 5.92 Å². The molecular weight excluding hydrogens is 380 g/mol. The molecule has 1 aromatic heterocycles. The van der Waals surface area contributed by atoms with E-state index >= 15 is 0 Å². The lowest BCUT2D eigenvalue weighted by atomic mass is 9.86. The molecule has 0 aliphatic heterocycles. The highest BCUT2D eigenvalue weighted by Gasteiger charge is 2.30. The van der Waals surface area contributed by atoms with Crippen LogP contribution >= 0.6 is 11.3 Å². The molecule has 1 aromatic carbocycles. The Kier molecular flexibility index (Phi) is 6.68. The maximum Gasteiger partial charge on any atom is 0.250 e. The van der Waals surface area contributed by atoms with Gasteiger partial charge in [-0.2, -0.15) is 4.72 Å². The first kappa shape index (κ1) is 20.0. The Morgan fingerprint density at radius 3 is 2.56 bits per heavy atom. The van der Waals surface area contributed by atoms with E-state index in [-0.39, 0.29) is 16.2 Å². The van der Waals surface area contributed by atoms with E-state index in [1.807, 2.05) is 30.3 Å². The summed E-state index contributed by atoms with van der Waals surface area (Å²) in [6.45, 7) is 2.14. The molecule has 0 bridgehead atoms. The average Bonchev–Trinajstić information content (AvgIpc) is 3.19. The van der Waals surface area contributed by atoms with Crippen LogP contribution in [0.4, 0.5) is 0 Å². The van der Waals surface area contributed by atoms with Crippen LogP contribution in [0.15, 0.2) is 52.1 Å². The van der Waals surface area contributed by atoms with E-state index in [0.717, 1.165) is 36.2 Å². The topological polar surface area (TPSA) is 75.3 Å². The zero-order valence-electron chi connectivity index (χ0n) is 15.4. The van der Waals surface area contributed by atoms with Gasteiger partial charge in [0, 0.05) is 6.04 Å². The second-order valence-corrected chi connectivity index (χ2v) is 10.1. The molecule has 7 heteroatoms. The van der Waals surface area contributed by atoms with E-state index in [9.17, 15) is 13.2 Å². The van der Waals surface area contributed by atoms with Crippen molar-refractivity contribution in [2.75, 3.05) is 0 Å². The Labute approximate surface area is 165 Å². The molecule has 146 valence electrons. The number of carbonyl (C=O) groups excluding carboxylic acids is 1. The van der Waals surface area contributed by atoms with Gasteiger partial charge in [-0.15, -0.1) is 11.3 Å². The van der Waals surface area contributed by atoms with Crippen molar-refractivity contribution in [2.24, 2.45) is 5.92 Å². The fourth-order valence-electron chi connectivity index (χ4n) is 3.51. The van der Waals surface area contributed by atoms with Crippen molar-refractivity contribution in [1.29, 1.82) is 0 Å². The van der Waals surface area contributed by atoms with E-state index in [2.05, 4.69) is 17.0 Å². The molecule has 1 saturated carbocycles. The monoisotopic (exact) mass is 406 g/mol. The van der Waals surface area contributed by atoms with Crippen molar-refractivity contribution in [3.05, 3.63) is 53.4 Å². The number of amides is 1. The summed E-state index contributed by atoms with van der Waals surface area (Å²) in [6, 6.07) is 12.0. The van der Waals surface area contributed by atoms with Crippen LogP contribution in [0.25, 0.3) is 0 Å². The van der Waals surface area contributed by atoms with Crippen molar-refractivity contribution >= 4 is 27.3 Å². The summed E-state index contributed by atoms with van der Waals surface area (Å²) in [5, 5.41) is 4.81. The first-order valence-corrected chi connectivity index (χ1v) is 11.7. The molecule has 1 aliphatic rings. The van der Waals surface area contributed by atoms with Gasteiger partial charge < -0.3 is 5.32 Å². The van der Waals surface area contributed by atoms with Crippen molar-refractivity contribution in [3.63, 3.8) is 0 Å². The van der Waals surface area contributed by atoms with E-state index in [4.69, 9.17) is 0 Å². The summed E-state index contributed by atoms with van der Waals surface area (Å²) < 4.78 is 28.2. The van der Waals surface area contributed by atoms with Crippen LogP contribution in [-0.4, -0.2) is 26.4 Å². The number of carbonyl (C=O) groups is 1. The van der Waals surface area contributed by atoms with Crippen molar-refractivity contribution in [1.82, 2.24) is 10.0 Å². The highest BCUT2D eigenvalue weighted by molar-refractivity contribution is 7.91. The van der Waals surface area contributed by atoms with Crippen LogP contribution < -0.4 is 10.0 Å². The summed E-state index contributed by atoms with van der Waals surface area (Å²) in [7, 11) is -3.73. The van der Waals surface area contributed by atoms with E-state index in [1.165, 1.54) is 6.42 Å². The molecule has 2 N–H and O–H groups in total. The van der Waals surface area contributed by atoms with Crippen molar-refractivity contribution in [3.8, 4) is 0 Å². The van der Waals surface area contributed by atoms with E-state index in [1.54, 1.807) is 17.5 Å². The number of hydrogen-bond donors (Lipinski definition) is 2. The largest absolute Gasteiger partial charge is 0.352 e. The average molecular weight is 407 g/mol. The minimum atomic E-state index is -3.73. The molecule has 0 saturated heterocycles. The SMILES string of the molecule is C[C@@H]1CCCC[C@@H]1NC(=O)[C@@H](Cc1ccccc1)NS(=O)(=O)c1cccs1. The molecule has 1 heterocycles. The Balaban J connectivity index is 1.77. The van der Waals surface area contributed by atoms with Crippen LogP contribution in [0.2, 0.25) is 0 Å². The van der Waals surface area contributed by atoms with Gasteiger partial charge in [0.15, 0.2) is 0 Å². The van der Waals surface area contributed by atoms with Crippen molar-refractivity contribution in [2.45, 2.75) is 55.3 Å². The van der Waals surface area contributed by atoms with Gasteiger partial charge in [-0.1, -0.05) is 56.2 Å². The van der Waals surface area contributed by atoms with Crippen LogP contribution in [0.5, 0.6) is 0 Å². The van der Waals surface area contributed by atoms with Gasteiger partial charge in [-0.25, -0.2) is 8.42 Å². The zero-order valence-corrected chi connectivity index (χ0v) is 17.1. The van der Waals surface area contributed by atoms with Gasteiger partial charge in [0.05, 0.1) is 0 Å². The molecule has 2 aromatic rings. The highest BCUT2D eigenvalue weighted by Crippen LogP contribution is 2.24. The van der Waals surface area contributed by atoms with Gasteiger partial charge in [-0.3, -0.25) is 4.79 Å². The summed E-state index contributed by atoms with van der Waals surface area (Å²) in [6.07, 6.45) is 4.64. The number of hydrogen-bond acceptors (Lipinski definition) is 4. The molecule has 1 aliphatic carbocycles. The smallest absolute Gasteiger partial charge is 0.250 e. The second-order valence-electron chi connectivity index (χ2n) is 7.17. The molecule has 3 rings (SSSR count). The van der Waals surface area contributed by atoms with Gasteiger partial charge in [-0.05, 0) is 42.2 Å². The fraction of sp³-hybridized carbons (Fsp3) is 0.450. The Morgan fingerprint density at radius 2 is 1.89 bits per heavy atom. The molecular formula is C20H26N2O3S2. The molecule has 1 fully saturated rings. The maximum atomic E-state index is 13.0. The Bertz CT molecular complexity index is 835. The number of sulfonamides is 1. The second kappa shape index (κ2) is 8.99. The number of rotatable bonds is 7. The summed E-state index contributed by atoms with van der Waals surface area (Å²) >= 11 is 1.14. The molecule has 5 nitrogen and oxygen atoms in total. The third-order valence-electron chi connectivity index (χ3n) is 5.10. The lowest BCUT2D eigenvalue weighted by Crippen LogP contribution is -2.52. The number of benzene rings is 1. The zero-order chi connectivity index (χ0) is 19.3. The molecule has 27 heavy (non-hydrogen) atoms. The maximum absolute atomic E-state index is 13.0. The molecule has 0 radical (unpaired) electrons. The third-order valence-corrected chi connectivity index (χ3v) is 7.96. The number of thiophene rings is 1. The van der Waals surface area contributed by atoms with Crippen LogP contribution in [-0.2, 0) is 21.2 Å². The normalized spacial score (nSPS) is 21.5. The van der Waals surface area contributed by atoms with Crippen LogP contribution in [0.3, 0.4) is 0 Å². The highest BCUT2D eigenvalue weighted by atomic mass is 32.2. The number of nitrogens with one attached hydrogen (secondary N) is 2. The fourth-order valence-corrected chi connectivity index (χ4v) is 5.72. The van der Waals surface area contributed by atoms with E-state index in [0.29, 0.717) is 12.3 Å². The standard InChI is InChI=1S/C20H26N2O3S2/c1-15-8-5-6-11-17(15)21-20(23)18(14-16-9-3-2-4-10-16)22-27(24,25)19-12-7-13-26-19/h2-4,7,9-10,12-13,15,17-18,22H,5-6,8,11,14H2,1H3,(H,21,23)/t15-,17+,18-/m1/s1. The Hall–Kier alpha value is -1.70. The van der Waals surface area contributed by atoms with Gasteiger partial charge >= 0.3 is 0 Å². The molecule has 0 unspecified atom stereocenters. The lowest BCUT2D eigenvalue weighted by molar-refractivity contribution is -0.124. The van der Waals surface area contributed by atoms with Gasteiger partial charge in [0.2, 0.25) is 5.91 Å². The molecule has 1 amide bonds. The first-order valence-electron chi connectivity index (χ1n) is 9.36. The predicted octanol–water partition coefficient (Wildman–Crippen LogP) is 3.33. The van der Waals surface area contributed by atoms with Gasteiger partial charge in [0.1, 0.15) is 10.3 Å². The summed E-state index contributed by atoms with van der Waals surface area (Å²) in [5.74, 6) is 0.159. The van der Waals surface area contributed by atoms with E-state index < -0.39 is 16.1 Å². The summed E-state index contributed by atoms with van der Waals surface area (Å²) in [4.78, 5) is 13.0. The quantitative estimate of drug-likeness (QED) is 0.741. The third kappa shape index (κ3) is 5.40. The minimum Gasteiger partial charge on any atom is -0.352 e. The molecule has 3 atom stereocenters. The minimum absolute atomic E-state index is 0.107. The predicted molar refractivity (Wildman–Crippen MR) is 108 cm³/mol.